The Morgan fingerprint density at radius 1 is 0.857 bits per heavy atom. The van der Waals surface area contributed by atoms with E-state index in [2.05, 4.69) is 97.6 Å². The van der Waals surface area contributed by atoms with Crippen molar-refractivity contribution < 1.29 is 0 Å². The maximum absolute atomic E-state index is 6.42. The van der Waals surface area contributed by atoms with E-state index in [0.717, 1.165) is 70.3 Å². The third-order valence-corrected chi connectivity index (χ3v) is 9.60. The number of piperazine rings is 1. The Hall–Kier alpha value is -3.86. The second-order valence-electron chi connectivity index (χ2n) is 11.7. The number of aryl methyl sites for hydroxylation is 1. The SMILES string of the molecule is Cc1ccc(-c2csc(Nc3ccc(-c4nn(C5CCC(N6CCN(C)CC6)CC5)c5ncnc(N)c45)cc3)n2)cc1. The van der Waals surface area contributed by atoms with Gasteiger partial charge in [0, 0.05) is 54.4 Å². The topological polar surface area (TPSA) is 101 Å². The molecular weight excluding hydrogens is 542 g/mol. The summed E-state index contributed by atoms with van der Waals surface area (Å²) in [5, 5.41) is 12.4. The molecule has 1 saturated heterocycles. The number of anilines is 3. The van der Waals surface area contributed by atoms with Gasteiger partial charge in [0.05, 0.1) is 17.1 Å². The monoisotopic (exact) mass is 579 g/mol. The van der Waals surface area contributed by atoms with Gasteiger partial charge in [-0.25, -0.2) is 19.6 Å². The lowest BCUT2D eigenvalue weighted by Crippen LogP contribution is -2.49. The lowest BCUT2D eigenvalue weighted by Gasteiger charge is -2.41. The summed E-state index contributed by atoms with van der Waals surface area (Å²) in [6, 6.07) is 17.7. The van der Waals surface area contributed by atoms with E-state index in [9.17, 15) is 0 Å². The Balaban J connectivity index is 1.09. The molecule has 2 aliphatic rings. The van der Waals surface area contributed by atoms with Crippen molar-refractivity contribution in [1.29, 1.82) is 0 Å². The zero-order chi connectivity index (χ0) is 28.6. The van der Waals surface area contributed by atoms with Crippen LogP contribution in [-0.4, -0.2) is 73.8 Å². The molecule has 9 nitrogen and oxygen atoms in total. The summed E-state index contributed by atoms with van der Waals surface area (Å²) in [7, 11) is 2.22. The molecule has 5 aromatic rings. The summed E-state index contributed by atoms with van der Waals surface area (Å²) in [6.07, 6.45) is 6.13. The molecule has 0 bridgehead atoms. The van der Waals surface area contributed by atoms with E-state index in [1.807, 2.05) is 0 Å². The Morgan fingerprint density at radius 2 is 1.55 bits per heavy atom. The van der Waals surface area contributed by atoms with Gasteiger partial charge >= 0.3 is 0 Å². The first-order valence-corrected chi connectivity index (χ1v) is 15.7. The molecule has 10 heteroatoms. The second-order valence-corrected chi connectivity index (χ2v) is 12.5. The number of fused-ring (bicyclic) bond motifs is 1. The van der Waals surface area contributed by atoms with Gasteiger partial charge in [0.1, 0.15) is 17.8 Å². The molecule has 0 radical (unpaired) electrons. The lowest BCUT2D eigenvalue weighted by atomic mass is 9.90. The normalized spacial score (nSPS) is 20.2. The minimum Gasteiger partial charge on any atom is -0.383 e. The fourth-order valence-electron chi connectivity index (χ4n) is 6.33. The van der Waals surface area contributed by atoms with E-state index in [-0.39, 0.29) is 0 Å². The number of aromatic nitrogens is 5. The molecule has 2 fully saturated rings. The van der Waals surface area contributed by atoms with Crippen LogP contribution in [0.2, 0.25) is 0 Å². The number of nitrogen functional groups attached to an aromatic ring is 1. The van der Waals surface area contributed by atoms with Gasteiger partial charge in [0.2, 0.25) is 0 Å². The van der Waals surface area contributed by atoms with Gasteiger partial charge < -0.3 is 16.0 Å². The van der Waals surface area contributed by atoms with Gasteiger partial charge in [0.25, 0.3) is 0 Å². The Labute approximate surface area is 250 Å². The average molecular weight is 580 g/mol. The fourth-order valence-corrected chi connectivity index (χ4v) is 7.07. The minimum absolute atomic E-state index is 0.313. The van der Waals surface area contributed by atoms with Crippen LogP contribution in [0.5, 0.6) is 0 Å². The highest BCUT2D eigenvalue weighted by molar-refractivity contribution is 7.14. The van der Waals surface area contributed by atoms with Gasteiger partial charge in [0.15, 0.2) is 10.8 Å². The Kier molecular flexibility index (Phi) is 7.35. The third kappa shape index (κ3) is 5.37. The van der Waals surface area contributed by atoms with Gasteiger partial charge in [-0.05, 0) is 51.8 Å². The first kappa shape index (κ1) is 27.0. The highest BCUT2D eigenvalue weighted by Gasteiger charge is 2.30. The average Bonchev–Trinajstić information content (AvgIpc) is 3.65. The van der Waals surface area contributed by atoms with E-state index in [0.29, 0.717) is 17.9 Å². The summed E-state index contributed by atoms with van der Waals surface area (Å²) in [4.78, 5) is 18.9. The maximum atomic E-state index is 6.42. The van der Waals surface area contributed by atoms with Crippen LogP contribution in [0.3, 0.4) is 0 Å². The quantitative estimate of drug-likeness (QED) is 0.253. The van der Waals surface area contributed by atoms with Crippen LogP contribution in [0.15, 0.2) is 60.2 Å². The summed E-state index contributed by atoms with van der Waals surface area (Å²) in [5.74, 6) is 0.473. The van der Waals surface area contributed by atoms with Gasteiger partial charge in [-0.1, -0.05) is 42.0 Å². The zero-order valence-electron chi connectivity index (χ0n) is 24.2. The van der Waals surface area contributed by atoms with E-state index in [1.165, 1.54) is 31.5 Å². The van der Waals surface area contributed by atoms with Crippen molar-refractivity contribution in [3.05, 3.63) is 65.8 Å². The fraction of sp³-hybridized carbons (Fsp3) is 0.375. The first-order chi connectivity index (χ1) is 20.5. The minimum atomic E-state index is 0.313. The number of thiazole rings is 1. The van der Waals surface area contributed by atoms with Crippen LogP contribution < -0.4 is 11.1 Å². The van der Waals surface area contributed by atoms with Crippen LogP contribution in [0.4, 0.5) is 16.6 Å². The predicted molar refractivity (Wildman–Crippen MR) is 171 cm³/mol. The predicted octanol–water partition coefficient (Wildman–Crippen LogP) is 5.98. The molecule has 1 saturated carbocycles. The second kappa shape index (κ2) is 11.4. The van der Waals surface area contributed by atoms with Crippen LogP contribution in [-0.2, 0) is 0 Å². The van der Waals surface area contributed by atoms with Crippen molar-refractivity contribution in [1.82, 2.24) is 34.5 Å². The summed E-state index contributed by atoms with van der Waals surface area (Å²) >= 11 is 1.60. The molecule has 42 heavy (non-hydrogen) atoms. The molecular formula is C32H37N9S. The van der Waals surface area contributed by atoms with Crippen LogP contribution in [0.25, 0.3) is 33.5 Å². The van der Waals surface area contributed by atoms with Crippen molar-refractivity contribution in [3.8, 4) is 22.5 Å². The number of hydrogen-bond acceptors (Lipinski definition) is 9. The molecule has 1 aliphatic carbocycles. The van der Waals surface area contributed by atoms with Gasteiger partial charge in [-0.15, -0.1) is 11.3 Å². The number of hydrogen-bond donors (Lipinski definition) is 2. The van der Waals surface area contributed by atoms with Gasteiger partial charge in [-0.2, -0.15) is 5.10 Å². The van der Waals surface area contributed by atoms with Crippen molar-refractivity contribution in [2.45, 2.75) is 44.7 Å². The molecule has 216 valence electrons. The molecule has 2 aromatic carbocycles. The number of rotatable bonds is 6. The number of nitrogens with zero attached hydrogens (tertiary/aromatic N) is 7. The highest BCUT2D eigenvalue weighted by atomic mass is 32.1. The van der Waals surface area contributed by atoms with E-state index < -0.39 is 0 Å². The largest absolute Gasteiger partial charge is 0.383 e. The number of benzene rings is 2. The van der Waals surface area contributed by atoms with Gasteiger partial charge in [-0.3, -0.25) is 4.90 Å². The van der Waals surface area contributed by atoms with E-state index in [1.54, 1.807) is 17.7 Å². The molecule has 0 spiro atoms. The molecule has 7 rings (SSSR count). The Bertz CT molecular complexity index is 1660. The maximum Gasteiger partial charge on any atom is 0.187 e. The van der Waals surface area contributed by atoms with Crippen LogP contribution >= 0.6 is 11.3 Å². The lowest BCUT2D eigenvalue weighted by molar-refractivity contribution is 0.0815. The Morgan fingerprint density at radius 3 is 2.29 bits per heavy atom. The zero-order valence-corrected chi connectivity index (χ0v) is 25.0. The number of nitrogens with one attached hydrogen (secondary N) is 1. The standard InChI is InChI=1S/C32H37N9S/c1-21-3-5-22(6-4-21)27-19-42-32(37-27)36-24-9-7-23(8-10-24)29-28-30(33)34-20-35-31(28)41(38-29)26-13-11-25(12-14-26)40-17-15-39(2)16-18-40/h3-10,19-20,25-26H,11-18H2,1-2H3,(H,36,37)(H2,33,34,35). The van der Waals surface area contributed by atoms with Crippen molar-refractivity contribution in [2.75, 3.05) is 44.3 Å². The first-order valence-electron chi connectivity index (χ1n) is 14.8. The summed E-state index contributed by atoms with van der Waals surface area (Å²) < 4.78 is 2.12. The smallest absolute Gasteiger partial charge is 0.187 e. The summed E-state index contributed by atoms with van der Waals surface area (Å²) in [6.45, 7) is 6.76. The van der Waals surface area contributed by atoms with Crippen LogP contribution in [0.1, 0.15) is 37.3 Å². The molecule has 0 unspecified atom stereocenters. The molecule has 4 heterocycles. The van der Waals surface area contributed by atoms with E-state index >= 15 is 0 Å². The molecule has 0 atom stereocenters. The number of nitrogens with two attached hydrogens (primary N) is 1. The third-order valence-electron chi connectivity index (χ3n) is 8.85. The molecule has 0 amide bonds. The molecule has 3 aromatic heterocycles. The van der Waals surface area contributed by atoms with Crippen molar-refractivity contribution in [3.63, 3.8) is 0 Å². The van der Waals surface area contributed by atoms with E-state index in [4.69, 9.17) is 15.8 Å². The van der Waals surface area contributed by atoms with Crippen LogP contribution in [0, 0.1) is 6.92 Å². The molecule has 3 N–H and O–H groups in total. The highest BCUT2D eigenvalue weighted by Crippen LogP contribution is 2.37. The van der Waals surface area contributed by atoms with Crippen molar-refractivity contribution >= 4 is 39.0 Å². The number of likely N-dealkylation sites (N-methyl/N-ethyl adjacent to an activating group) is 1. The van der Waals surface area contributed by atoms with Crippen molar-refractivity contribution in [2.24, 2.45) is 0 Å². The summed E-state index contributed by atoms with van der Waals surface area (Å²) in [5.41, 5.74) is 13.4. The molecule has 1 aliphatic heterocycles.